The van der Waals surface area contributed by atoms with Gasteiger partial charge in [0.15, 0.2) is 11.5 Å². The molecule has 2 nitrogen and oxygen atoms in total. The molecule has 0 bridgehead atoms. The highest BCUT2D eigenvalue weighted by molar-refractivity contribution is 9.08. The first kappa shape index (κ1) is 14.2. The molecule has 0 aliphatic heterocycles. The molecule has 19 heavy (non-hydrogen) atoms. The summed E-state index contributed by atoms with van der Waals surface area (Å²) in [7, 11) is 1.63. The molecule has 0 aromatic heterocycles. The van der Waals surface area contributed by atoms with Crippen LogP contribution in [-0.2, 0) is 11.9 Å². The van der Waals surface area contributed by atoms with Crippen molar-refractivity contribution in [2.75, 3.05) is 7.11 Å². The van der Waals surface area contributed by atoms with E-state index in [9.17, 15) is 0 Å². The second-order valence-corrected chi connectivity index (χ2v) is 4.97. The Hall–Kier alpha value is -1.19. The van der Waals surface area contributed by atoms with Gasteiger partial charge in [0.1, 0.15) is 6.61 Å². The molecule has 0 aliphatic rings. The highest BCUT2D eigenvalue weighted by Crippen LogP contribution is 2.30. The molecule has 0 atom stereocenters. The minimum atomic E-state index is 0.420. The predicted molar refractivity (Wildman–Crippen MR) is 81.4 cm³/mol. The highest BCUT2D eigenvalue weighted by Gasteiger charge is 2.07. The molecule has 0 spiro atoms. The van der Waals surface area contributed by atoms with Gasteiger partial charge in [0, 0.05) is 15.9 Å². The zero-order valence-electron chi connectivity index (χ0n) is 10.5. The number of rotatable bonds is 5. The molecule has 0 fully saturated rings. The molecule has 0 aliphatic carbocycles. The van der Waals surface area contributed by atoms with Gasteiger partial charge in [-0.2, -0.15) is 0 Å². The molecule has 2 aromatic carbocycles. The van der Waals surface area contributed by atoms with Crippen LogP contribution in [0.1, 0.15) is 11.1 Å². The largest absolute Gasteiger partial charge is 0.493 e. The van der Waals surface area contributed by atoms with Crippen molar-refractivity contribution < 1.29 is 9.47 Å². The van der Waals surface area contributed by atoms with Crippen LogP contribution in [0.4, 0.5) is 0 Å². The molecular weight excluding hydrogens is 328 g/mol. The van der Waals surface area contributed by atoms with Crippen molar-refractivity contribution >= 4 is 27.5 Å². The first-order valence-corrected chi connectivity index (χ1v) is 7.33. The lowest BCUT2D eigenvalue weighted by molar-refractivity contribution is 0.284. The molecule has 0 unspecified atom stereocenters. The van der Waals surface area contributed by atoms with Crippen LogP contribution in [0.2, 0.25) is 5.02 Å². The molecule has 2 rings (SSSR count). The van der Waals surface area contributed by atoms with Gasteiger partial charge in [0.2, 0.25) is 0 Å². The normalized spacial score (nSPS) is 10.3. The predicted octanol–water partition coefficient (Wildman–Crippen LogP) is 4.82. The van der Waals surface area contributed by atoms with Gasteiger partial charge in [-0.1, -0.05) is 51.8 Å². The second-order valence-electron chi connectivity index (χ2n) is 4.00. The number of hydrogen-bond donors (Lipinski definition) is 0. The van der Waals surface area contributed by atoms with Crippen molar-refractivity contribution in [3.05, 3.63) is 58.6 Å². The quantitative estimate of drug-likeness (QED) is 0.726. The Bertz CT molecular complexity index is 558. The summed E-state index contributed by atoms with van der Waals surface area (Å²) in [6.07, 6.45) is 0. The van der Waals surface area contributed by atoms with Gasteiger partial charge in [-0.3, -0.25) is 0 Å². The topological polar surface area (TPSA) is 18.5 Å². The van der Waals surface area contributed by atoms with Gasteiger partial charge in [-0.15, -0.1) is 0 Å². The minimum absolute atomic E-state index is 0.420. The molecule has 100 valence electrons. The summed E-state index contributed by atoms with van der Waals surface area (Å²) < 4.78 is 11.1. The molecule has 4 heteroatoms. The Morgan fingerprint density at radius 1 is 1.11 bits per heavy atom. The lowest BCUT2D eigenvalue weighted by Crippen LogP contribution is -1.98. The van der Waals surface area contributed by atoms with Gasteiger partial charge in [-0.05, 0) is 23.8 Å². The number of ether oxygens (including phenoxy) is 2. The molecule has 0 heterocycles. The molecule has 0 saturated carbocycles. The Morgan fingerprint density at radius 3 is 2.58 bits per heavy atom. The molecule has 0 amide bonds. The SMILES string of the molecule is COc1cc(CBr)ccc1OCc1ccccc1Cl. The maximum atomic E-state index is 6.09. The third kappa shape index (κ3) is 3.64. The number of methoxy groups -OCH3 is 1. The van der Waals surface area contributed by atoms with Crippen molar-refractivity contribution in [2.24, 2.45) is 0 Å². The summed E-state index contributed by atoms with van der Waals surface area (Å²) in [6.45, 7) is 0.420. The standard InChI is InChI=1S/C15H14BrClO2/c1-18-15-8-11(9-16)6-7-14(15)19-10-12-4-2-3-5-13(12)17/h2-8H,9-10H2,1H3. The fraction of sp³-hybridized carbons (Fsp3) is 0.200. The van der Waals surface area contributed by atoms with Gasteiger partial charge in [0.25, 0.3) is 0 Å². The fourth-order valence-electron chi connectivity index (χ4n) is 1.69. The summed E-state index contributed by atoms with van der Waals surface area (Å²) in [5.41, 5.74) is 2.10. The average molecular weight is 342 g/mol. The Morgan fingerprint density at radius 2 is 1.89 bits per heavy atom. The maximum Gasteiger partial charge on any atom is 0.161 e. The summed E-state index contributed by atoms with van der Waals surface area (Å²) in [4.78, 5) is 0. The van der Waals surface area contributed by atoms with Crippen molar-refractivity contribution in [3.63, 3.8) is 0 Å². The van der Waals surface area contributed by atoms with E-state index in [1.165, 1.54) is 0 Å². The van der Waals surface area contributed by atoms with E-state index in [1.54, 1.807) is 7.11 Å². The van der Waals surface area contributed by atoms with Crippen LogP contribution in [0, 0.1) is 0 Å². The van der Waals surface area contributed by atoms with E-state index in [4.69, 9.17) is 21.1 Å². The van der Waals surface area contributed by atoms with Crippen LogP contribution >= 0.6 is 27.5 Å². The summed E-state index contributed by atoms with van der Waals surface area (Å²) in [5.74, 6) is 1.44. The van der Waals surface area contributed by atoms with E-state index in [0.29, 0.717) is 17.4 Å². The first-order valence-electron chi connectivity index (χ1n) is 5.83. The van der Waals surface area contributed by atoms with E-state index < -0.39 is 0 Å². The van der Waals surface area contributed by atoms with E-state index >= 15 is 0 Å². The van der Waals surface area contributed by atoms with Crippen LogP contribution in [0.15, 0.2) is 42.5 Å². The Kier molecular flexibility index (Phi) is 5.11. The smallest absolute Gasteiger partial charge is 0.161 e. The number of hydrogen-bond acceptors (Lipinski definition) is 2. The van der Waals surface area contributed by atoms with Crippen molar-refractivity contribution in [3.8, 4) is 11.5 Å². The molecule has 0 radical (unpaired) electrons. The van der Waals surface area contributed by atoms with Gasteiger partial charge < -0.3 is 9.47 Å². The van der Waals surface area contributed by atoms with Gasteiger partial charge >= 0.3 is 0 Å². The van der Waals surface area contributed by atoms with Crippen LogP contribution in [-0.4, -0.2) is 7.11 Å². The Labute approximate surface area is 126 Å². The van der Waals surface area contributed by atoms with Crippen LogP contribution in [0.5, 0.6) is 11.5 Å². The molecule has 2 aromatic rings. The third-order valence-corrected chi connectivity index (χ3v) is 3.74. The van der Waals surface area contributed by atoms with E-state index in [-0.39, 0.29) is 0 Å². The van der Waals surface area contributed by atoms with Crippen molar-refractivity contribution in [1.29, 1.82) is 0 Å². The average Bonchev–Trinajstić information content (AvgIpc) is 2.46. The monoisotopic (exact) mass is 340 g/mol. The second kappa shape index (κ2) is 6.83. The summed E-state index contributed by atoms with van der Waals surface area (Å²) in [6, 6.07) is 13.5. The van der Waals surface area contributed by atoms with Gasteiger partial charge in [-0.25, -0.2) is 0 Å². The maximum absolute atomic E-state index is 6.09. The lowest BCUT2D eigenvalue weighted by atomic mass is 10.2. The lowest BCUT2D eigenvalue weighted by Gasteiger charge is -2.12. The zero-order valence-corrected chi connectivity index (χ0v) is 12.9. The van der Waals surface area contributed by atoms with Crippen LogP contribution in [0.3, 0.4) is 0 Å². The third-order valence-electron chi connectivity index (χ3n) is 2.72. The number of alkyl halides is 1. The number of benzene rings is 2. The summed E-state index contributed by atoms with van der Waals surface area (Å²) >= 11 is 9.51. The van der Waals surface area contributed by atoms with E-state index in [0.717, 1.165) is 22.2 Å². The van der Waals surface area contributed by atoms with E-state index in [2.05, 4.69) is 15.9 Å². The number of halogens is 2. The highest BCUT2D eigenvalue weighted by atomic mass is 79.9. The van der Waals surface area contributed by atoms with Crippen molar-refractivity contribution in [2.45, 2.75) is 11.9 Å². The first-order chi connectivity index (χ1) is 9.24. The zero-order chi connectivity index (χ0) is 13.7. The summed E-state index contributed by atoms with van der Waals surface area (Å²) in [5, 5.41) is 1.49. The van der Waals surface area contributed by atoms with Crippen molar-refractivity contribution in [1.82, 2.24) is 0 Å². The van der Waals surface area contributed by atoms with Gasteiger partial charge in [0.05, 0.1) is 7.11 Å². The molecule has 0 saturated heterocycles. The minimum Gasteiger partial charge on any atom is -0.493 e. The van der Waals surface area contributed by atoms with Crippen LogP contribution in [0.25, 0.3) is 0 Å². The molecule has 0 N–H and O–H groups in total. The van der Waals surface area contributed by atoms with Crippen LogP contribution < -0.4 is 9.47 Å². The molecular formula is C15H14BrClO2. The van der Waals surface area contributed by atoms with E-state index in [1.807, 2.05) is 42.5 Å². The fourth-order valence-corrected chi connectivity index (χ4v) is 2.22. The Balaban J connectivity index is 2.13.